The number of carbonyl (C=O) groups is 3. The molecule has 1 saturated heterocycles. The number of rotatable bonds is 8. The summed E-state index contributed by atoms with van der Waals surface area (Å²) in [5.74, 6) is -0.0734. The summed E-state index contributed by atoms with van der Waals surface area (Å²) in [5.41, 5.74) is 3.44. The molecule has 2 aromatic carbocycles. The molecule has 0 bridgehead atoms. The molecule has 0 aromatic heterocycles. The van der Waals surface area contributed by atoms with Gasteiger partial charge in [-0.3, -0.25) is 9.59 Å². The second-order valence-electron chi connectivity index (χ2n) is 9.51. The van der Waals surface area contributed by atoms with Crippen molar-refractivity contribution in [2.45, 2.75) is 63.3 Å². The molecular weight excluding hydrogens is 426 g/mol. The average Bonchev–Trinajstić information content (AvgIpc) is 3.49. The van der Waals surface area contributed by atoms with Gasteiger partial charge in [-0.15, -0.1) is 0 Å². The minimum atomic E-state index is -0.432. The molecule has 2 aromatic rings. The monoisotopic (exact) mass is 459 g/mol. The van der Waals surface area contributed by atoms with Gasteiger partial charge in [0.05, 0.1) is 24.1 Å². The molecule has 1 amide bonds. The van der Waals surface area contributed by atoms with Gasteiger partial charge in [-0.1, -0.05) is 60.9 Å². The highest BCUT2D eigenvalue weighted by atomic mass is 16.5. The third kappa shape index (κ3) is 4.98. The number of carbonyl (C=O) groups excluding carboxylic acids is 3. The lowest BCUT2D eigenvalue weighted by Crippen LogP contribution is -2.35. The summed E-state index contributed by atoms with van der Waals surface area (Å²) in [7, 11) is 1.36. The molecule has 0 radical (unpaired) electrons. The maximum atomic E-state index is 13.5. The minimum absolute atomic E-state index is 0.0535. The van der Waals surface area contributed by atoms with Crippen molar-refractivity contribution >= 4 is 17.7 Å². The molecule has 178 valence electrons. The number of allylic oxidation sites excluding steroid dienone is 1. The molecule has 0 N–H and O–H groups in total. The van der Waals surface area contributed by atoms with Crippen LogP contribution >= 0.6 is 0 Å². The van der Waals surface area contributed by atoms with E-state index in [0.717, 1.165) is 43.2 Å². The van der Waals surface area contributed by atoms with Crippen LogP contribution in [0.3, 0.4) is 0 Å². The lowest BCUT2D eigenvalue weighted by atomic mass is 9.75. The summed E-state index contributed by atoms with van der Waals surface area (Å²) < 4.78 is 4.74. The first-order valence-corrected chi connectivity index (χ1v) is 12.2. The molecule has 1 atom stereocenters. The Balaban J connectivity index is 1.43. The van der Waals surface area contributed by atoms with E-state index in [1.807, 2.05) is 23.1 Å². The van der Waals surface area contributed by atoms with E-state index in [1.165, 1.54) is 12.7 Å². The molecule has 2 aliphatic rings. The van der Waals surface area contributed by atoms with Crippen molar-refractivity contribution in [3.8, 4) is 0 Å². The molecule has 5 heteroatoms. The number of hydrogen-bond acceptors (Lipinski definition) is 4. The van der Waals surface area contributed by atoms with Gasteiger partial charge in [0.25, 0.3) is 0 Å². The first-order chi connectivity index (χ1) is 16.4. The summed E-state index contributed by atoms with van der Waals surface area (Å²) in [5, 5.41) is 0. The molecule has 1 heterocycles. The number of hydrogen-bond donors (Lipinski definition) is 0. The van der Waals surface area contributed by atoms with Crippen LogP contribution in [-0.4, -0.2) is 42.3 Å². The van der Waals surface area contributed by atoms with Gasteiger partial charge >= 0.3 is 5.97 Å². The topological polar surface area (TPSA) is 63.7 Å². The Morgan fingerprint density at radius 2 is 1.74 bits per heavy atom. The molecule has 1 aliphatic carbocycles. The summed E-state index contributed by atoms with van der Waals surface area (Å²) >= 11 is 0. The zero-order valence-electron chi connectivity index (χ0n) is 20.1. The van der Waals surface area contributed by atoms with Crippen molar-refractivity contribution in [2.24, 2.45) is 0 Å². The highest BCUT2D eigenvalue weighted by molar-refractivity contribution is 5.99. The normalized spacial score (nSPS) is 19.6. The SMILES string of the molecule is COC(=O)c1ccc(CCN2C(=O)CC[C@@H]2/C=C/C(=O)C2(c3ccc(C)cc3)CCCC2)cc1. The Morgan fingerprint density at radius 1 is 1.06 bits per heavy atom. The van der Waals surface area contributed by atoms with E-state index >= 15 is 0 Å². The van der Waals surface area contributed by atoms with Crippen LogP contribution in [0.2, 0.25) is 0 Å². The van der Waals surface area contributed by atoms with E-state index in [-0.39, 0.29) is 23.7 Å². The number of methoxy groups -OCH3 is 1. The van der Waals surface area contributed by atoms with Crippen LogP contribution in [0.25, 0.3) is 0 Å². The van der Waals surface area contributed by atoms with Gasteiger partial charge in [0, 0.05) is 13.0 Å². The predicted molar refractivity (Wildman–Crippen MR) is 132 cm³/mol. The quantitative estimate of drug-likeness (QED) is 0.414. The number of aryl methyl sites for hydroxylation is 1. The number of nitrogens with zero attached hydrogens (tertiary/aromatic N) is 1. The number of amides is 1. The molecule has 1 aliphatic heterocycles. The molecule has 0 unspecified atom stereocenters. The highest BCUT2D eigenvalue weighted by Gasteiger charge is 2.41. The van der Waals surface area contributed by atoms with Gasteiger partial charge in [-0.05, 0) is 61.9 Å². The third-order valence-electron chi connectivity index (χ3n) is 7.39. The summed E-state index contributed by atoms with van der Waals surface area (Å²) in [6.07, 6.45) is 9.52. The van der Waals surface area contributed by atoms with Gasteiger partial charge in [0.2, 0.25) is 5.91 Å². The van der Waals surface area contributed by atoms with Crippen LogP contribution < -0.4 is 0 Å². The second kappa shape index (κ2) is 10.4. The van der Waals surface area contributed by atoms with Gasteiger partial charge < -0.3 is 9.64 Å². The van der Waals surface area contributed by atoms with E-state index in [4.69, 9.17) is 4.74 Å². The Hall–Kier alpha value is -3.21. The molecule has 1 saturated carbocycles. The Morgan fingerprint density at radius 3 is 2.38 bits per heavy atom. The van der Waals surface area contributed by atoms with Crippen molar-refractivity contribution in [2.75, 3.05) is 13.7 Å². The maximum Gasteiger partial charge on any atom is 0.337 e. The lowest BCUT2D eigenvalue weighted by molar-refractivity contribution is -0.128. The molecule has 2 fully saturated rings. The van der Waals surface area contributed by atoms with Crippen LogP contribution in [0, 0.1) is 6.92 Å². The fourth-order valence-corrected chi connectivity index (χ4v) is 5.31. The van der Waals surface area contributed by atoms with Crippen LogP contribution in [-0.2, 0) is 26.2 Å². The first kappa shape index (κ1) is 23.9. The van der Waals surface area contributed by atoms with E-state index in [0.29, 0.717) is 24.9 Å². The van der Waals surface area contributed by atoms with Crippen LogP contribution in [0.15, 0.2) is 60.7 Å². The molecule has 34 heavy (non-hydrogen) atoms. The summed E-state index contributed by atoms with van der Waals surface area (Å²) in [4.78, 5) is 39.5. The van der Waals surface area contributed by atoms with E-state index < -0.39 is 5.41 Å². The Bertz CT molecular complexity index is 1060. The zero-order valence-corrected chi connectivity index (χ0v) is 20.1. The number of likely N-dealkylation sites (tertiary alicyclic amines) is 1. The highest BCUT2D eigenvalue weighted by Crippen LogP contribution is 2.42. The largest absolute Gasteiger partial charge is 0.465 e. The van der Waals surface area contributed by atoms with E-state index in [1.54, 1.807) is 18.2 Å². The average molecular weight is 460 g/mol. The van der Waals surface area contributed by atoms with E-state index in [9.17, 15) is 14.4 Å². The fraction of sp³-hybridized carbons (Fsp3) is 0.414. The predicted octanol–water partition coefficient (Wildman–Crippen LogP) is 4.95. The second-order valence-corrected chi connectivity index (χ2v) is 9.51. The number of ketones is 1. The first-order valence-electron chi connectivity index (χ1n) is 12.2. The van der Waals surface area contributed by atoms with Crippen molar-refractivity contribution in [3.63, 3.8) is 0 Å². The smallest absolute Gasteiger partial charge is 0.337 e. The standard InChI is InChI=1S/C29H33NO4/c1-21-5-11-24(12-6-21)29(18-3-4-19-29)26(31)15-13-25-14-16-27(32)30(25)20-17-22-7-9-23(10-8-22)28(33)34-2/h5-13,15,25H,3-4,14,16-20H2,1-2H3/b15-13+/t25-/m0/s1. The lowest BCUT2D eigenvalue weighted by Gasteiger charge is -2.27. The Labute approximate surface area is 201 Å². The number of benzene rings is 2. The van der Waals surface area contributed by atoms with Gasteiger partial charge in [-0.2, -0.15) is 0 Å². The van der Waals surface area contributed by atoms with Crippen LogP contribution in [0.5, 0.6) is 0 Å². The van der Waals surface area contributed by atoms with Crippen LogP contribution in [0.4, 0.5) is 0 Å². The molecule has 5 nitrogen and oxygen atoms in total. The number of esters is 1. The van der Waals surface area contributed by atoms with Crippen molar-refractivity contribution in [3.05, 3.63) is 82.9 Å². The van der Waals surface area contributed by atoms with Crippen molar-refractivity contribution < 1.29 is 19.1 Å². The molecular formula is C29H33NO4. The number of ether oxygens (including phenoxy) is 1. The van der Waals surface area contributed by atoms with Gasteiger partial charge in [0.15, 0.2) is 5.78 Å². The maximum absolute atomic E-state index is 13.5. The summed E-state index contributed by atoms with van der Waals surface area (Å²) in [6.45, 7) is 2.65. The van der Waals surface area contributed by atoms with Crippen LogP contribution in [0.1, 0.15) is 65.6 Å². The van der Waals surface area contributed by atoms with Crippen molar-refractivity contribution in [1.82, 2.24) is 4.90 Å². The fourth-order valence-electron chi connectivity index (χ4n) is 5.31. The minimum Gasteiger partial charge on any atom is -0.465 e. The molecule has 4 rings (SSSR count). The third-order valence-corrected chi connectivity index (χ3v) is 7.39. The van der Waals surface area contributed by atoms with Gasteiger partial charge in [0.1, 0.15) is 0 Å². The zero-order chi connectivity index (χ0) is 24.1. The van der Waals surface area contributed by atoms with E-state index in [2.05, 4.69) is 31.2 Å². The van der Waals surface area contributed by atoms with Gasteiger partial charge in [-0.25, -0.2) is 4.79 Å². The van der Waals surface area contributed by atoms with Crippen molar-refractivity contribution in [1.29, 1.82) is 0 Å². The summed E-state index contributed by atoms with van der Waals surface area (Å²) in [6, 6.07) is 15.6. The molecule has 0 spiro atoms. The Kier molecular flexibility index (Phi) is 7.30.